The first-order valence-electron chi connectivity index (χ1n) is 20.5. The Hall–Kier alpha value is -6.90. The molecule has 0 radical (unpaired) electrons. The van der Waals surface area contributed by atoms with E-state index in [0.717, 1.165) is 91.8 Å². The van der Waals surface area contributed by atoms with Gasteiger partial charge in [-0.3, -0.25) is 19.4 Å². The van der Waals surface area contributed by atoms with Crippen LogP contribution >= 0.6 is 0 Å². The third-order valence-corrected chi connectivity index (χ3v) is 11.8. The number of fused-ring (bicyclic) bond motifs is 6. The molecule has 1 amide bonds. The molecule has 300 valence electrons. The summed E-state index contributed by atoms with van der Waals surface area (Å²) in [4.78, 5) is 44.2. The Morgan fingerprint density at radius 2 is 1.63 bits per heavy atom. The first-order chi connectivity index (χ1) is 29.2. The lowest BCUT2D eigenvalue weighted by molar-refractivity contribution is -0.137. The number of hydrogen-bond acceptors (Lipinski definition) is 6. The molecule has 8 nitrogen and oxygen atoms in total. The number of Topliss-reactive ketones (excluding diaryl/α,β-unsaturated/α-hetero) is 1. The lowest BCUT2D eigenvalue weighted by Crippen LogP contribution is -2.25. The lowest BCUT2D eigenvalue weighted by atomic mass is 9.69. The minimum atomic E-state index is -0.795. The zero-order valence-electron chi connectivity index (χ0n) is 33.9. The van der Waals surface area contributed by atoms with E-state index in [0.29, 0.717) is 29.8 Å². The number of aliphatic carboxylic acids is 1. The number of aliphatic imine (C=N–C) groups is 1. The average molecular weight is 793 g/mol. The molecule has 3 aliphatic rings. The van der Waals surface area contributed by atoms with Crippen LogP contribution in [0.5, 0.6) is 0 Å². The molecule has 0 spiro atoms. The Balaban J connectivity index is 0.000000390. The van der Waals surface area contributed by atoms with E-state index in [1.165, 1.54) is 0 Å². The largest absolute Gasteiger partial charge is 0.481 e. The molecule has 8 heteroatoms. The van der Waals surface area contributed by atoms with Crippen molar-refractivity contribution in [3.63, 3.8) is 0 Å². The topological polar surface area (TPSA) is 134 Å². The number of ketones is 1. The third kappa shape index (κ3) is 8.33. The number of para-hydroxylation sites is 2. The fourth-order valence-electron chi connectivity index (χ4n) is 8.89. The number of rotatable bonds is 8. The highest BCUT2D eigenvalue weighted by Crippen LogP contribution is 2.48. The summed E-state index contributed by atoms with van der Waals surface area (Å²) in [5, 5.41) is 15.8. The van der Waals surface area contributed by atoms with Crippen molar-refractivity contribution >= 4 is 40.9 Å². The highest BCUT2D eigenvalue weighted by molar-refractivity contribution is 6.10. The summed E-state index contributed by atoms with van der Waals surface area (Å²) in [6, 6.07) is 39.5. The molecular formula is C52H48N4O4. The van der Waals surface area contributed by atoms with Gasteiger partial charge in [0.15, 0.2) is 5.78 Å². The number of aryl methyl sites for hydroxylation is 2. The van der Waals surface area contributed by atoms with Gasteiger partial charge in [0, 0.05) is 35.8 Å². The highest BCUT2D eigenvalue weighted by Gasteiger charge is 2.36. The van der Waals surface area contributed by atoms with E-state index in [1.54, 1.807) is 6.21 Å². The van der Waals surface area contributed by atoms with Crippen LogP contribution in [0.2, 0.25) is 0 Å². The fourth-order valence-corrected chi connectivity index (χ4v) is 8.89. The monoisotopic (exact) mass is 792 g/mol. The quantitative estimate of drug-likeness (QED) is 0.113. The number of anilines is 2. The zero-order valence-corrected chi connectivity index (χ0v) is 33.9. The Labute approximate surface area is 350 Å². The molecule has 2 atom stereocenters. The predicted molar refractivity (Wildman–Crippen MR) is 242 cm³/mol. The molecule has 2 aliphatic carbocycles. The minimum absolute atomic E-state index is 0.0365. The molecule has 0 fully saturated rings. The maximum absolute atomic E-state index is 14.6. The number of carbonyl (C=O) groups is 3. The minimum Gasteiger partial charge on any atom is -0.481 e. The summed E-state index contributed by atoms with van der Waals surface area (Å²) in [6.07, 6.45) is 8.78. The fraction of sp³-hybridized carbons (Fsp3) is 0.192. The molecule has 0 saturated carbocycles. The zero-order chi connectivity index (χ0) is 41.8. The third-order valence-electron chi connectivity index (χ3n) is 11.8. The predicted octanol–water partition coefficient (Wildman–Crippen LogP) is 11.1. The van der Waals surface area contributed by atoms with Crippen LogP contribution in [0.15, 0.2) is 139 Å². The van der Waals surface area contributed by atoms with E-state index in [1.807, 2.05) is 110 Å². The second kappa shape index (κ2) is 17.5. The summed E-state index contributed by atoms with van der Waals surface area (Å²) < 4.78 is 0. The number of amides is 1. The van der Waals surface area contributed by atoms with Crippen molar-refractivity contribution in [3.05, 3.63) is 184 Å². The van der Waals surface area contributed by atoms with Crippen LogP contribution in [0, 0.1) is 13.8 Å². The molecule has 5 N–H and O–H groups in total. The molecular weight excluding hydrogens is 745 g/mol. The summed E-state index contributed by atoms with van der Waals surface area (Å²) >= 11 is 0. The number of nitrogens with two attached hydrogens (primary N) is 1. The first-order valence-corrected chi connectivity index (χ1v) is 20.5. The number of nitrogens with zero attached hydrogens (tertiary/aromatic N) is 1. The molecule has 0 saturated heterocycles. The van der Waals surface area contributed by atoms with Crippen molar-refractivity contribution in [1.82, 2.24) is 0 Å². The number of carboxylic acids is 1. The smallest absolute Gasteiger partial charge is 0.303 e. The Morgan fingerprint density at radius 3 is 2.43 bits per heavy atom. The van der Waals surface area contributed by atoms with Crippen molar-refractivity contribution in [1.29, 1.82) is 0 Å². The average Bonchev–Trinajstić information content (AvgIpc) is 3.52. The molecule has 6 aromatic rings. The van der Waals surface area contributed by atoms with E-state index in [9.17, 15) is 19.5 Å². The van der Waals surface area contributed by atoms with Crippen LogP contribution < -0.4 is 16.4 Å². The molecule has 6 aromatic carbocycles. The molecule has 2 unspecified atom stereocenters. The van der Waals surface area contributed by atoms with Crippen molar-refractivity contribution < 1.29 is 19.5 Å². The normalized spacial score (nSPS) is 15.7. The summed E-state index contributed by atoms with van der Waals surface area (Å²) in [5.74, 6) is -1.43. The van der Waals surface area contributed by atoms with Crippen molar-refractivity contribution in [3.8, 4) is 22.3 Å². The molecule has 60 heavy (non-hydrogen) atoms. The molecule has 0 aromatic heterocycles. The Kier molecular flexibility index (Phi) is 11.7. The van der Waals surface area contributed by atoms with E-state index in [-0.39, 0.29) is 29.9 Å². The summed E-state index contributed by atoms with van der Waals surface area (Å²) in [7, 11) is 0. The number of allylic oxidation sites excluding steroid dienone is 1. The molecule has 1 aliphatic heterocycles. The van der Waals surface area contributed by atoms with Gasteiger partial charge in [0.05, 0.1) is 23.7 Å². The van der Waals surface area contributed by atoms with Crippen LogP contribution in [0.25, 0.3) is 22.3 Å². The molecule has 9 rings (SSSR count). The number of carboxylic acid groups (broad SMARTS) is 1. The van der Waals surface area contributed by atoms with Gasteiger partial charge in [-0.25, -0.2) is 0 Å². The number of nitrogens with one attached hydrogen (secondary N) is 2. The maximum atomic E-state index is 14.6. The standard InChI is InChI=1S/C43H40N2O4.C9H8N2/c1-25-10-16-34-31(20-25)22-38(41-35-9-5-6-29(23-40(46)47)33(35)17-18-36(34)41)42(48)30-15-19-39(26(2)21-30)45-43(49)37-8-4-3-7-32(37)28-13-11-27(24-44)12-14-28;1-2-5-9-8(4-1)10-6-3-7-11-9/h3-4,7-8,10-21,29,38H,5-6,9,22-24,44H2,1-2H3,(H,45,49)(H,46,47);1-7,10H. The van der Waals surface area contributed by atoms with Crippen molar-refractivity contribution in [2.75, 3.05) is 10.6 Å². The first kappa shape index (κ1) is 39.9. The van der Waals surface area contributed by atoms with E-state index < -0.39 is 5.97 Å². The number of hydrogen-bond donors (Lipinski definition) is 4. The highest BCUT2D eigenvalue weighted by atomic mass is 16.4. The molecule has 0 bridgehead atoms. The van der Waals surface area contributed by atoms with Crippen LogP contribution in [-0.2, 0) is 24.2 Å². The Bertz CT molecular complexity index is 2680. The number of benzene rings is 6. The van der Waals surface area contributed by atoms with Gasteiger partial charge in [-0.2, -0.15) is 0 Å². The van der Waals surface area contributed by atoms with E-state index >= 15 is 0 Å². The molecule has 1 heterocycles. The van der Waals surface area contributed by atoms with Gasteiger partial charge in [0.1, 0.15) is 0 Å². The van der Waals surface area contributed by atoms with Crippen molar-refractivity contribution in [2.24, 2.45) is 10.7 Å². The van der Waals surface area contributed by atoms with Gasteiger partial charge in [-0.1, -0.05) is 90.5 Å². The lowest BCUT2D eigenvalue weighted by Gasteiger charge is -2.34. The number of carbonyl (C=O) groups excluding carboxylic acids is 2. The second-order valence-electron chi connectivity index (χ2n) is 15.8. The SMILES string of the molecule is C1=CNc2ccccc2N=C1.Cc1ccc2c(c1)CC(C(=O)c1ccc(NC(=O)c3ccccc3-c3ccc(CN)cc3)c(C)c1)c1c-2ccc2c1CCCC2CC(=O)O. The second-order valence-corrected chi connectivity index (χ2v) is 15.8. The van der Waals surface area contributed by atoms with E-state index in [4.69, 9.17) is 5.73 Å². The van der Waals surface area contributed by atoms with Gasteiger partial charge in [-0.05, 0) is 144 Å². The van der Waals surface area contributed by atoms with E-state index in [2.05, 4.69) is 52.9 Å². The summed E-state index contributed by atoms with van der Waals surface area (Å²) in [5.41, 5.74) is 21.0. The van der Waals surface area contributed by atoms with Crippen LogP contribution in [-0.4, -0.2) is 29.0 Å². The van der Waals surface area contributed by atoms with Crippen LogP contribution in [0.1, 0.15) is 90.8 Å². The van der Waals surface area contributed by atoms with Crippen LogP contribution in [0.4, 0.5) is 17.1 Å². The van der Waals surface area contributed by atoms with Gasteiger partial charge in [0.25, 0.3) is 5.91 Å². The van der Waals surface area contributed by atoms with Gasteiger partial charge in [0.2, 0.25) is 0 Å². The van der Waals surface area contributed by atoms with Gasteiger partial charge < -0.3 is 21.5 Å². The van der Waals surface area contributed by atoms with Gasteiger partial charge in [-0.15, -0.1) is 0 Å². The maximum Gasteiger partial charge on any atom is 0.303 e. The Morgan fingerprint density at radius 1 is 0.850 bits per heavy atom. The van der Waals surface area contributed by atoms with Gasteiger partial charge >= 0.3 is 5.97 Å². The van der Waals surface area contributed by atoms with Crippen LogP contribution in [0.3, 0.4) is 0 Å². The van der Waals surface area contributed by atoms with Crippen molar-refractivity contribution in [2.45, 2.75) is 64.3 Å². The summed E-state index contributed by atoms with van der Waals surface area (Å²) in [6.45, 7) is 4.44.